The Balaban J connectivity index is 1.45. The number of hydrogen-bond acceptors (Lipinski definition) is 3. The minimum absolute atomic E-state index is 0.791. The Morgan fingerprint density at radius 1 is 0.409 bits per heavy atom. The molecule has 3 nitrogen and oxygen atoms in total. The molecule has 210 valence electrons. The van der Waals surface area contributed by atoms with E-state index in [2.05, 4.69) is 117 Å². The van der Waals surface area contributed by atoms with E-state index in [4.69, 9.17) is 15.0 Å². The van der Waals surface area contributed by atoms with Crippen molar-refractivity contribution in [2.24, 2.45) is 9.98 Å². The molecule has 0 spiro atoms. The van der Waals surface area contributed by atoms with Gasteiger partial charge in [-0.3, -0.25) is 0 Å². The Bertz CT molecular complexity index is 2020. The van der Waals surface area contributed by atoms with Gasteiger partial charge < -0.3 is 0 Å². The highest BCUT2D eigenvalue weighted by atomic mass is 14.8. The number of benzene rings is 6. The second-order valence-electron chi connectivity index (χ2n) is 11.0. The highest BCUT2D eigenvalue weighted by molar-refractivity contribution is 6.17. The SMILES string of the molecule is Cc1ccc2ccccc2c1N=C(c1ccccc1)c1cccc(C(=Nc2c(C)ccc3ccccc23)c2ccccc2)n1. The van der Waals surface area contributed by atoms with Gasteiger partial charge >= 0.3 is 0 Å². The fourth-order valence-electron chi connectivity index (χ4n) is 5.68. The summed E-state index contributed by atoms with van der Waals surface area (Å²) in [4.78, 5) is 16.0. The van der Waals surface area contributed by atoms with Gasteiger partial charge in [0.25, 0.3) is 0 Å². The van der Waals surface area contributed by atoms with Crippen LogP contribution in [0.25, 0.3) is 21.5 Å². The van der Waals surface area contributed by atoms with Crippen LogP contribution < -0.4 is 0 Å². The average Bonchev–Trinajstić information content (AvgIpc) is 3.08. The molecule has 0 aliphatic carbocycles. The van der Waals surface area contributed by atoms with Gasteiger partial charge in [0.05, 0.1) is 34.2 Å². The molecule has 0 saturated carbocycles. The van der Waals surface area contributed by atoms with Crippen LogP contribution in [0, 0.1) is 13.8 Å². The van der Waals surface area contributed by atoms with Gasteiger partial charge in [0.1, 0.15) is 0 Å². The Labute approximate surface area is 257 Å². The quantitative estimate of drug-likeness (QED) is 0.185. The lowest BCUT2D eigenvalue weighted by Gasteiger charge is -2.14. The molecule has 0 bridgehead atoms. The van der Waals surface area contributed by atoms with Crippen LogP contribution in [-0.4, -0.2) is 16.4 Å². The van der Waals surface area contributed by atoms with Crippen LogP contribution in [0.1, 0.15) is 33.6 Å². The van der Waals surface area contributed by atoms with E-state index in [-0.39, 0.29) is 0 Å². The smallest absolute Gasteiger partial charge is 0.0966 e. The van der Waals surface area contributed by atoms with Crippen molar-refractivity contribution in [3.05, 3.63) is 185 Å². The Kier molecular flexibility index (Phi) is 7.35. The fraction of sp³-hybridized carbons (Fsp3) is 0.0488. The zero-order valence-corrected chi connectivity index (χ0v) is 24.8. The van der Waals surface area contributed by atoms with Crippen LogP contribution in [0.2, 0.25) is 0 Å². The van der Waals surface area contributed by atoms with E-state index in [0.29, 0.717) is 0 Å². The van der Waals surface area contributed by atoms with E-state index in [9.17, 15) is 0 Å². The zero-order valence-electron chi connectivity index (χ0n) is 24.8. The van der Waals surface area contributed by atoms with E-state index in [0.717, 1.165) is 78.0 Å². The summed E-state index contributed by atoms with van der Waals surface area (Å²) in [6.07, 6.45) is 0. The maximum Gasteiger partial charge on any atom is 0.0966 e. The number of rotatable bonds is 6. The molecule has 3 heteroatoms. The van der Waals surface area contributed by atoms with Gasteiger partial charge in [0.15, 0.2) is 0 Å². The third kappa shape index (κ3) is 5.32. The standard InChI is InChI=1S/C41H31N3/c1-28-24-26-30-14-9-11-20-34(30)38(28)43-40(32-16-5-3-6-17-32)36-22-13-23-37(42-36)41(33-18-7-4-8-19-33)44-39-29(2)25-27-31-15-10-12-21-35(31)39/h3-27H,1-2H3. The fourth-order valence-corrected chi connectivity index (χ4v) is 5.68. The van der Waals surface area contributed by atoms with E-state index in [1.807, 2.05) is 48.5 Å². The van der Waals surface area contributed by atoms with Gasteiger partial charge in [-0.1, -0.05) is 140 Å². The third-order valence-corrected chi connectivity index (χ3v) is 7.98. The second-order valence-corrected chi connectivity index (χ2v) is 11.0. The summed E-state index contributed by atoms with van der Waals surface area (Å²) < 4.78 is 0. The number of pyridine rings is 1. The summed E-state index contributed by atoms with van der Waals surface area (Å²) in [5.41, 5.74) is 9.38. The molecule has 0 atom stereocenters. The number of fused-ring (bicyclic) bond motifs is 2. The Morgan fingerprint density at radius 3 is 1.27 bits per heavy atom. The van der Waals surface area contributed by atoms with Gasteiger partial charge in [-0.25, -0.2) is 15.0 Å². The summed E-state index contributed by atoms with van der Waals surface area (Å²) in [6.45, 7) is 4.23. The second kappa shape index (κ2) is 11.9. The van der Waals surface area contributed by atoms with Crippen LogP contribution in [0.4, 0.5) is 11.4 Å². The van der Waals surface area contributed by atoms with Crippen LogP contribution in [-0.2, 0) is 0 Å². The van der Waals surface area contributed by atoms with Crippen molar-refractivity contribution in [2.75, 3.05) is 0 Å². The topological polar surface area (TPSA) is 37.6 Å². The first-order valence-electron chi connectivity index (χ1n) is 14.9. The highest BCUT2D eigenvalue weighted by Crippen LogP contribution is 2.33. The van der Waals surface area contributed by atoms with Crippen LogP contribution in [0.5, 0.6) is 0 Å². The van der Waals surface area contributed by atoms with Crippen LogP contribution >= 0.6 is 0 Å². The monoisotopic (exact) mass is 565 g/mol. The molecule has 7 rings (SSSR count). The van der Waals surface area contributed by atoms with E-state index in [1.54, 1.807) is 0 Å². The van der Waals surface area contributed by atoms with Gasteiger partial charge in [-0.05, 0) is 47.9 Å². The predicted octanol–water partition coefficient (Wildman–Crippen LogP) is 10.3. The Morgan fingerprint density at radius 2 is 0.818 bits per heavy atom. The van der Waals surface area contributed by atoms with Crippen molar-refractivity contribution in [3.63, 3.8) is 0 Å². The van der Waals surface area contributed by atoms with Crippen LogP contribution in [0.3, 0.4) is 0 Å². The number of hydrogen-bond donors (Lipinski definition) is 0. The lowest BCUT2D eigenvalue weighted by molar-refractivity contribution is 1.24. The molecule has 1 aromatic heterocycles. The van der Waals surface area contributed by atoms with Crippen molar-refractivity contribution in [2.45, 2.75) is 13.8 Å². The summed E-state index contributed by atoms with van der Waals surface area (Å²) in [7, 11) is 0. The van der Waals surface area contributed by atoms with Crippen molar-refractivity contribution < 1.29 is 0 Å². The maximum absolute atomic E-state index is 5.35. The van der Waals surface area contributed by atoms with Gasteiger partial charge in [0.2, 0.25) is 0 Å². The summed E-state index contributed by atoms with van der Waals surface area (Å²) in [5.74, 6) is 0. The number of aryl methyl sites for hydroxylation is 2. The lowest BCUT2D eigenvalue weighted by Crippen LogP contribution is -2.12. The molecule has 6 aromatic carbocycles. The Hall–Kier alpha value is -5.67. The largest absolute Gasteiger partial charge is 0.245 e. The highest BCUT2D eigenvalue weighted by Gasteiger charge is 2.16. The summed E-state index contributed by atoms with van der Waals surface area (Å²) in [6, 6.07) is 52.2. The molecule has 0 amide bonds. The normalized spacial score (nSPS) is 12.1. The molecule has 7 aromatic rings. The minimum Gasteiger partial charge on any atom is -0.245 e. The average molecular weight is 566 g/mol. The first kappa shape index (κ1) is 27.2. The molecule has 1 heterocycles. The predicted molar refractivity (Wildman–Crippen MR) is 185 cm³/mol. The first-order valence-corrected chi connectivity index (χ1v) is 14.9. The molecule has 0 aliphatic heterocycles. The number of aromatic nitrogens is 1. The van der Waals surface area contributed by atoms with E-state index < -0.39 is 0 Å². The van der Waals surface area contributed by atoms with Crippen molar-refractivity contribution >= 4 is 44.3 Å². The lowest BCUT2D eigenvalue weighted by atomic mass is 10.0. The van der Waals surface area contributed by atoms with Crippen molar-refractivity contribution in [1.82, 2.24) is 4.98 Å². The van der Waals surface area contributed by atoms with Crippen molar-refractivity contribution in [1.29, 1.82) is 0 Å². The van der Waals surface area contributed by atoms with Gasteiger partial charge in [-0.15, -0.1) is 0 Å². The molecule has 0 unspecified atom stereocenters. The molecule has 0 N–H and O–H groups in total. The summed E-state index contributed by atoms with van der Waals surface area (Å²) >= 11 is 0. The number of nitrogens with zero attached hydrogens (tertiary/aromatic N) is 3. The minimum atomic E-state index is 0.791. The molecular weight excluding hydrogens is 534 g/mol. The first-order chi connectivity index (χ1) is 21.7. The molecule has 44 heavy (non-hydrogen) atoms. The summed E-state index contributed by atoms with van der Waals surface area (Å²) in [5, 5.41) is 4.56. The molecule has 0 saturated heterocycles. The van der Waals surface area contributed by atoms with Crippen molar-refractivity contribution in [3.8, 4) is 0 Å². The number of aliphatic imine (C=N–C) groups is 2. The van der Waals surface area contributed by atoms with Gasteiger partial charge in [0, 0.05) is 21.9 Å². The molecule has 0 aliphatic rings. The zero-order chi connectivity index (χ0) is 29.9. The van der Waals surface area contributed by atoms with Gasteiger partial charge in [-0.2, -0.15) is 0 Å². The third-order valence-electron chi connectivity index (χ3n) is 7.98. The van der Waals surface area contributed by atoms with E-state index in [1.165, 1.54) is 0 Å². The molecule has 0 fully saturated rings. The maximum atomic E-state index is 5.35. The molecular formula is C41H31N3. The van der Waals surface area contributed by atoms with E-state index >= 15 is 0 Å². The molecule has 0 radical (unpaired) electrons. The van der Waals surface area contributed by atoms with Crippen LogP contribution in [0.15, 0.2) is 162 Å².